The molecule has 2 aromatic rings. The molecule has 0 bridgehead atoms. The number of benzene rings is 2. The number of amides is 1. The molecule has 0 radical (unpaired) electrons. The first-order valence-corrected chi connectivity index (χ1v) is 12.6. The van der Waals surface area contributed by atoms with Crippen LogP contribution in [0.25, 0.3) is 0 Å². The molecule has 2 aliphatic heterocycles. The molecular weight excluding hydrogens is 460 g/mol. The van der Waals surface area contributed by atoms with Crippen LogP contribution in [0.2, 0.25) is 0 Å². The zero-order chi connectivity index (χ0) is 24.3. The van der Waals surface area contributed by atoms with Crippen LogP contribution >= 0.6 is 0 Å². The quantitative estimate of drug-likeness (QED) is 0.576. The van der Waals surface area contributed by atoms with E-state index in [1.165, 1.54) is 40.6 Å². The number of hydrogen-bond donors (Lipinski definition) is 0. The Morgan fingerprint density at radius 2 is 1.74 bits per heavy atom. The van der Waals surface area contributed by atoms with Gasteiger partial charge in [-0.1, -0.05) is 19.1 Å². The molecule has 182 valence electrons. The standard InChI is InChI=1S/C24H28N2O7S/c1-17-11-13-25(14-12-17)34(29,30)19-9-7-18(8-10-19)32-16-23(27)26-15-22(24(28)31-2)33-21-6-4-3-5-20(21)26/h3-10,17,22H,11-16H2,1-2H3. The van der Waals surface area contributed by atoms with Crippen molar-refractivity contribution < 1.29 is 32.2 Å². The summed E-state index contributed by atoms with van der Waals surface area (Å²) in [6.45, 7) is 2.87. The maximum absolute atomic E-state index is 12.9. The van der Waals surface area contributed by atoms with Gasteiger partial charge in [0.15, 0.2) is 6.61 Å². The number of carbonyl (C=O) groups excluding carboxylic acids is 2. The highest BCUT2D eigenvalue weighted by Gasteiger charge is 2.34. The van der Waals surface area contributed by atoms with Crippen molar-refractivity contribution in [2.24, 2.45) is 5.92 Å². The SMILES string of the molecule is COC(=O)C1CN(C(=O)COc2ccc(S(=O)(=O)N3CCC(C)CC3)cc2)c2ccccc2O1. The van der Waals surface area contributed by atoms with Gasteiger partial charge in [0.05, 0.1) is 24.2 Å². The predicted molar refractivity (Wildman–Crippen MR) is 124 cm³/mol. The van der Waals surface area contributed by atoms with Crippen LogP contribution < -0.4 is 14.4 Å². The topological polar surface area (TPSA) is 102 Å². The van der Waals surface area contributed by atoms with Gasteiger partial charge in [0.2, 0.25) is 16.1 Å². The van der Waals surface area contributed by atoms with Gasteiger partial charge in [0, 0.05) is 13.1 Å². The number of rotatable bonds is 6. The summed E-state index contributed by atoms with van der Waals surface area (Å²) in [5.41, 5.74) is 0.536. The first-order chi connectivity index (χ1) is 16.3. The smallest absolute Gasteiger partial charge is 0.348 e. The minimum atomic E-state index is -3.56. The zero-order valence-corrected chi connectivity index (χ0v) is 20.0. The van der Waals surface area contributed by atoms with E-state index in [-0.39, 0.29) is 24.0 Å². The molecule has 34 heavy (non-hydrogen) atoms. The number of fused-ring (bicyclic) bond motifs is 1. The first-order valence-electron chi connectivity index (χ1n) is 11.2. The second-order valence-electron chi connectivity index (χ2n) is 8.45. The molecule has 4 rings (SSSR count). The van der Waals surface area contributed by atoms with Gasteiger partial charge in [0.1, 0.15) is 11.5 Å². The van der Waals surface area contributed by atoms with Gasteiger partial charge in [0.25, 0.3) is 5.91 Å². The van der Waals surface area contributed by atoms with Crippen LogP contribution in [-0.4, -0.2) is 64.1 Å². The summed E-state index contributed by atoms with van der Waals surface area (Å²) < 4.78 is 43.3. The van der Waals surface area contributed by atoms with Crippen LogP contribution in [0.15, 0.2) is 53.4 Å². The number of ether oxygens (including phenoxy) is 3. The van der Waals surface area contributed by atoms with E-state index in [2.05, 4.69) is 6.92 Å². The number of methoxy groups -OCH3 is 1. The molecule has 0 N–H and O–H groups in total. The Labute approximate surface area is 199 Å². The largest absolute Gasteiger partial charge is 0.484 e. The average molecular weight is 489 g/mol. The molecule has 1 fully saturated rings. The van der Waals surface area contributed by atoms with Crippen LogP contribution in [0.5, 0.6) is 11.5 Å². The van der Waals surface area contributed by atoms with E-state index < -0.39 is 22.1 Å². The van der Waals surface area contributed by atoms with Crippen molar-refractivity contribution >= 4 is 27.6 Å². The molecule has 9 nitrogen and oxygen atoms in total. The lowest BCUT2D eigenvalue weighted by Crippen LogP contribution is -2.48. The summed E-state index contributed by atoms with van der Waals surface area (Å²) in [6, 6.07) is 13.0. The molecule has 2 heterocycles. The molecule has 10 heteroatoms. The maximum atomic E-state index is 12.9. The highest BCUT2D eigenvalue weighted by atomic mass is 32.2. The highest BCUT2D eigenvalue weighted by molar-refractivity contribution is 7.89. The van der Waals surface area contributed by atoms with Crippen LogP contribution in [0.3, 0.4) is 0 Å². The maximum Gasteiger partial charge on any atom is 0.348 e. The highest BCUT2D eigenvalue weighted by Crippen LogP contribution is 2.33. The molecule has 0 saturated carbocycles. The number of hydrogen-bond acceptors (Lipinski definition) is 7. The van der Waals surface area contributed by atoms with E-state index in [1.54, 1.807) is 24.3 Å². The third-order valence-electron chi connectivity index (χ3n) is 6.11. The number of esters is 1. The number of nitrogens with zero attached hydrogens (tertiary/aromatic N) is 2. The van der Waals surface area contributed by atoms with E-state index in [0.29, 0.717) is 36.2 Å². The average Bonchev–Trinajstić information content (AvgIpc) is 2.86. The van der Waals surface area contributed by atoms with Gasteiger partial charge >= 0.3 is 5.97 Å². The Bertz CT molecular complexity index is 1140. The van der Waals surface area contributed by atoms with Crippen LogP contribution in [0, 0.1) is 5.92 Å². The molecule has 1 atom stereocenters. The van der Waals surface area contributed by atoms with Crippen molar-refractivity contribution in [2.75, 3.05) is 38.3 Å². The lowest BCUT2D eigenvalue weighted by molar-refractivity contribution is -0.148. The number of piperidine rings is 1. The number of carbonyl (C=O) groups is 2. The fourth-order valence-corrected chi connectivity index (χ4v) is 5.50. The Hall–Kier alpha value is -3.11. The van der Waals surface area contributed by atoms with Crippen molar-refractivity contribution in [2.45, 2.75) is 30.8 Å². The normalized spacial score (nSPS) is 19.1. The van der Waals surface area contributed by atoms with Crippen molar-refractivity contribution in [1.82, 2.24) is 4.31 Å². The summed E-state index contributed by atoms with van der Waals surface area (Å²) in [6.07, 6.45) is 0.764. The number of para-hydroxylation sites is 2. The molecule has 0 aromatic heterocycles. The van der Waals surface area contributed by atoms with Gasteiger partial charge in [-0.3, -0.25) is 4.79 Å². The van der Waals surface area contributed by atoms with Gasteiger partial charge in [-0.2, -0.15) is 4.31 Å². The van der Waals surface area contributed by atoms with Crippen molar-refractivity contribution in [3.63, 3.8) is 0 Å². The monoisotopic (exact) mass is 488 g/mol. The molecule has 1 amide bonds. The molecule has 1 unspecified atom stereocenters. The fourth-order valence-electron chi connectivity index (χ4n) is 4.03. The summed E-state index contributed by atoms with van der Waals surface area (Å²) in [4.78, 5) is 26.6. The van der Waals surface area contributed by atoms with Crippen molar-refractivity contribution in [3.05, 3.63) is 48.5 Å². The lowest BCUT2D eigenvalue weighted by atomic mass is 10.0. The third kappa shape index (κ3) is 5.02. The summed E-state index contributed by atoms with van der Waals surface area (Å²) in [5.74, 6) is 0.350. The minimum absolute atomic E-state index is 0.00247. The Balaban J connectivity index is 1.41. The third-order valence-corrected chi connectivity index (χ3v) is 8.02. The second kappa shape index (κ2) is 10.0. The molecular formula is C24H28N2O7S. The van der Waals surface area contributed by atoms with Gasteiger partial charge in [-0.15, -0.1) is 0 Å². The lowest BCUT2D eigenvalue weighted by Gasteiger charge is -2.33. The minimum Gasteiger partial charge on any atom is -0.484 e. The van der Waals surface area contributed by atoms with Gasteiger partial charge in [-0.05, 0) is 55.2 Å². The van der Waals surface area contributed by atoms with Crippen molar-refractivity contribution in [1.29, 1.82) is 0 Å². The molecule has 1 saturated heterocycles. The summed E-state index contributed by atoms with van der Waals surface area (Å²) >= 11 is 0. The molecule has 0 spiro atoms. The summed E-state index contributed by atoms with van der Waals surface area (Å²) in [7, 11) is -2.29. The molecule has 2 aliphatic rings. The van der Waals surface area contributed by atoms with Gasteiger partial charge in [-0.25, -0.2) is 13.2 Å². The van der Waals surface area contributed by atoms with Gasteiger partial charge < -0.3 is 19.1 Å². The van der Waals surface area contributed by atoms with Crippen molar-refractivity contribution in [3.8, 4) is 11.5 Å². The Morgan fingerprint density at radius 3 is 2.41 bits per heavy atom. The Kier molecular flexibility index (Phi) is 7.08. The van der Waals surface area contributed by atoms with E-state index in [4.69, 9.17) is 14.2 Å². The van der Waals surface area contributed by atoms with E-state index in [0.717, 1.165) is 12.8 Å². The van der Waals surface area contributed by atoms with E-state index >= 15 is 0 Å². The first kappa shape index (κ1) is 24.0. The van der Waals surface area contributed by atoms with Crippen LogP contribution in [-0.2, 0) is 24.3 Å². The zero-order valence-electron chi connectivity index (χ0n) is 19.2. The van der Waals surface area contributed by atoms with E-state index in [9.17, 15) is 18.0 Å². The number of anilines is 1. The fraction of sp³-hybridized carbons (Fsp3) is 0.417. The van der Waals surface area contributed by atoms with E-state index in [1.807, 2.05) is 0 Å². The summed E-state index contributed by atoms with van der Waals surface area (Å²) in [5, 5.41) is 0. The van der Waals surface area contributed by atoms with Crippen LogP contribution in [0.4, 0.5) is 5.69 Å². The van der Waals surface area contributed by atoms with Crippen LogP contribution in [0.1, 0.15) is 19.8 Å². The molecule has 0 aliphatic carbocycles. The molecule has 2 aromatic carbocycles. The Morgan fingerprint density at radius 1 is 1.06 bits per heavy atom. The number of sulfonamides is 1. The second-order valence-corrected chi connectivity index (χ2v) is 10.4. The predicted octanol–water partition coefficient (Wildman–Crippen LogP) is 2.45.